The van der Waals surface area contributed by atoms with Gasteiger partial charge in [0.05, 0.1) is 0 Å². The van der Waals surface area contributed by atoms with Gasteiger partial charge in [-0.15, -0.1) is 0 Å². The van der Waals surface area contributed by atoms with Gasteiger partial charge >= 0.3 is 21.1 Å². The third kappa shape index (κ3) is 11.3. The summed E-state index contributed by atoms with van der Waals surface area (Å²) in [5.41, 5.74) is 0. The van der Waals surface area contributed by atoms with Crippen LogP contribution in [0.1, 0.15) is 0 Å². The zero-order valence-electron chi connectivity index (χ0n) is 1.62. The first kappa shape index (κ1) is 70.7. The molecule has 0 N–H and O–H groups in total. The predicted molar refractivity (Wildman–Crippen MR) is 6.72 cm³/mol. The minimum atomic E-state index is 0. The normalized spacial score (nSPS) is 0. The van der Waals surface area contributed by atoms with E-state index in [0.29, 0.717) is 0 Å². The zero-order chi connectivity index (χ0) is 0. The van der Waals surface area contributed by atoms with Crippen LogP contribution in [0.25, 0.3) is 12.3 Å². The minimum Gasteiger partial charge on any atom is -3.00 e. The van der Waals surface area contributed by atoms with Crippen molar-refractivity contribution < 1.29 is 37.6 Å². The minimum absolute atomic E-state index is 0. The Hall–Kier alpha value is 1.10. The Balaban J connectivity index is 0. The fourth-order valence-electron chi connectivity index (χ4n) is 0. The molecule has 0 fully saturated rings. The van der Waals surface area contributed by atoms with Crippen LogP contribution in [0.2, 0.25) is 0 Å². The molecule has 0 heterocycles. The van der Waals surface area contributed by atoms with Crippen molar-refractivity contribution in [3.05, 3.63) is 12.3 Å². The molecular formula is MoN2Ni. The van der Waals surface area contributed by atoms with Gasteiger partial charge in [-0.2, -0.15) is 0 Å². The van der Waals surface area contributed by atoms with Crippen molar-refractivity contribution in [2.24, 2.45) is 0 Å². The van der Waals surface area contributed by atoms with Crippen LogP contribution in [-0.4, -0.2) is 0 Å². The van der Waals surface area contributed by atoms with Crippen molar-refractivity contribution >= 4 is 0 Å². The molecule has 0 atom stereocenters. The van der Waals surface area contributed by atoms with Gasteiger partial charge in [0, 0.05) is 16.5 Å². The first-order valence-corrected chi connectivity index (χ1v) is 0. The van der Waals surface area contributed by atoms with E-state index in [1.807, 2.05) is 0 Å². The molecular weight excluding hydrogens is 183 g/mol. The monoisotopic (exact) mass is 184 g/mol. The van der Waals surface area contributed by atoms with E-state index < -0.39 is 0 Å². The Bertz CT molecular complexity index is 6.00. The molecule has 0 rings (SSSR count). The molecule has 2 nitrogen and oxygen atoms in total. The van der Waals surface area contributed by atoms with E-state index >= 15 is 0 Å². The second-order valence-electron chi connectivity index (χ2n) is 0. The fraction of sp³-hybridized carbons (Fsp3) is 0. The summed E-state index contributed by atoms with van der Waals surface area (Å²) in [5, 5.41) is 0. The Kier molecular flexibility index (Phi) is 575. The fourth-order valence-corrected chi connectivity index (χ4v) is 0. The second-order valence-corrected chi connectivity index (χ2v) is 0. The van der Waals surface area contributed by atoms with Crippen molar-refractivity contribution in [3.8, 4) is 0 Å². The van der Waals surface area contributed by atoms with E-state index in [9.17, 15) is 0 Å². The number of nitrogens with zero attached hydrogens (tertiary/aromatic N) is 2. The molecule has 0 bridgehead atoms. The number of rotatable bonds is 0. The van der Waals surface area contributed by atoms with Crippen LogP contribution >= 0.6 is 0 Å². The van der Waals surface area contributed by atoms with Crippen molar-refractivity contribution in [1.82, 2.24) is 0 Å². The largest absolute Gasteiger partial charge is 6.00 e. The van der Waals surface area contributed by atoms with Gasteiger partial charge in [0.25, 0.3) is 0 Å². The molecule has 0 unspecified atom stereocenters. The molecule has 0 saturated heterocycles. The van der Waals surface area contributed by atoms with E-state index in [1.54, 1.807) is 0 Å². The quantitative estimate of drug-likeness (QED) is 0.492. The predicted octanol–water partition coefficient (Wildman–Crippen LogP) is 0.572. The molecule has 0 aromatic heterocycles. The van der Waals surface area contributed by atoms with Crippen molar-refractivity contribution in [2.45, 2.75) is 0 Å². The Labute approximate surface area is 50.1 Å². The van der Waals surface area contributed by atoms with Crippen LogP contribution < -0.4 is 0 Å². The van der Waals surface area contributed by atoms with E-state index in [1.165, 1.54) is 0 Å². The maximum absolute atomic E-state index is 0. The first-order chi connectivity index (χ1) is 0. The molecule has 0 saturated carbocycles. The number of hydrogen-bond donors (Lipinski definition) is 0. The molecule has 0 radical (unpaired) electrons. The molecule has 0 aliphatic rings. The van der Waals surface area contributed by atoms with E-state index in [2.05, 4.69) is 0 Å². The molecule has 4 heteroatoms. The smallest absolute Gasteiger partial charge is 3.00 e. The topological polar surface area (TPSA) is 61.0 Å². The average molecular weight is 183 g/mol. The molecule has 26 valence electrons. The van der Waals surface area contributed by atoms with Crippen LogP contribution in [0.3, 0.4) is 0 Å². The van der Waals surface area contributed by atoms with E-state index in [4.69, 9.17) is 0 Å². The van der Waals surface area contributed by atoms with Gasteiger partial charge in [-0.3, -0.25) is 0 Å². The third-order valence-corrected chi connectivity index (χ3v) is 0. The molecule has 0 amide bonds. The third-order valence-electron chi connectivity index (χ3n) is 0. The number of hydrogen-bond acceptors (Lipinski definition) is 0. The van der Waals surface area contributed by atoms with Gasteiger partial charge in [0.1, 0.15) is 0 Å². The summed E-state index contributed by atoms with van der Waals surface area (Å²) in [6.45, 7) is 0. The van der Waals surface area contributed by atoms with Crippen molar-refractivity contribution in [3.63, 3.8) is 0 Å². The summed E-state index contributed by atoms with van der Waals surface area (Å²) in [6.07, 6.45) is 0. The Morgan fingerprint density at radius 1 is 0.750 bits per heavy atom. The molecule has 0 spiro atoms. The SMILES string of the molecule is [Mo+6].[N-3].[N-3].[Ni]. The first-order valence-electron chi connectivity index (χ1n) is 0. The van der Waals surface area contributed by atoms with Gasteiger partial charge in [-0.25, -0.2) is 0 Å². The molecule has 4 heavy (non-hydrogen) atoms. The van der Waals surface area contributed by atoms with E-state index in [-0.39, 0.29) is 49.9 Å². The molecule has 0 aromatic rings. The molecule has 0 aliphatic heterocycles. The van der Waals surface area contributed by atoms with Crippen LogP contribution in [0.15, 0.2) is 0 Å². The van der Waals surface area contributed by atoms with Crippen LogP contribution in [0.5, 0.6) is 0 Å². The average Bonchev–Trinajstić information content (AvgIpc) is 0. The summed E-state index contributed by atoms with van der Waals surface area (Å²) >= 11 is 0. The van der Waals surface area contributed by atoms with Gasteiger partial charge < -0.3 is 12.3 Å². The Morgan fingerprint density at radius 2 is 0.750 bits per heavy atom. The maximum Gasteiger partial charge on any atom is 6.00 e. The van der Waals surface area contributed by atoms with Crippen molar-refractivity contribution in [2.75, 3.05) is 0 Å². The summed E-state index contributed by atoms with van der Waals surface area (Å²) < 4.78 is 0. The molecule has 0 aliphatic carbocycles. The Morgan fingerprint density at radius 3 is 0.750 bits per heavy atom. The maximum atomic E-state index is 0. The van der Waals surface area contributed by atoms with Gasteiger partial charge in [0.15, 0.2) is 0 Å². The standard InChI is InChI=1S/Mo.2N.Ni/q+6;2*-3;. The summed E-state index contributed by atoms with van der Waals surface area (Å²) in [6, 6.07) is 0. The summed E-state index contributed by atoms with van der Waals surface area (Å²) in [4.78, 5) is 0. The van der Waals surface area contributed by atoms with Gasteiger partial charge in [-0.1, -0.05) is 0 Å². The van der Waals surface area contributed by atoms with Gasteiger partial charge in [0.2, 0.25) is 0 Å². The van der Waals surface area contributed by atoms with E-state index in [0.717, 1.165) is 0 Å². The van der Waals surface area contributed by atoms with Gasteiger partial charge in [-0.05, 0) is 0 Å². The molecule has 0 aromatic carbocycles. The van der Waals surface area contributed by atoms with Crippen LogP contribution in [0, 0.1) is 0 Å². The zero-order valence-corrected chi connectivity index (χ0v) is 4.61. The summed E-state index contributed by atoms with van der Waals surface area (Å²) in [5.74, 6) is 0. The van der Waals surface area contributed by atoms with Crippen LogP contribution in [0.4, 0.5) is 0 Å². The second kappa shape index (κ2) is 32.5. The van der Waals surface area contributed by atoms with Crippen LogP contribution in [-0.2, 0) is 37.6 Å². The van der Waals surface area contributed by atoms with Crippen molar-refractivity contribution in [1.29, 1.82) is 0 Å². The summed E-state index contributed by atoms with van der Waals surface area (Å²) in [7, 11) is 0.